The molecule has 0 saturated carbocycles. The SMILES string of the molecule is Cc1cc2nc(N)n(Cc3ccc(F)cc3)c2cc1C. The maximum atomic E-state index is 13.0. The third kappa shape index (κ3) is 2.13. The standard InChI is InChI=1S/C16H16FN3/c1-10-7-14-15(8-11(10)2)20(16(18)19-14)9-12-3-5-13(17)6-4-12/h3-8H,9H2,1-2H3,(H2,18,19). The van der Waals surface area contributed by atoms with E-state index in [4.69, 9.17) is 5.73 Å². The zero-order valence-corrected chi connectivity index (χ0v) is 11.5. The minimum absolute atomic E-state index is 0.233. The lowest BCUT2D eigenvalue weighted by Crippen LogP contribution is -2.04. The van der Waals surface area contributed by atoms with E-state index in [-0.39, 0.29) is 5.82 Å². The minimum atomic E-state index is -0.233. The highest BCUT2D eigenvalue weighted by Crippen LogP contribution is 2.23. The van der Waals surface area contributed by atoms with Crippen molar-refractivity contribution in [2.75, 3.05) is 5.73 Å². The molecule has 102 valence electrons. The summed E-state index contributed by atoms with van der Waals surface area (Å²) >= 11 is 0. The highest BCUT2D eigenvalue weighted by Gasteiger charge is 2.10. The van der Waals surface area contributed by atoms with Crippen LogP contribution in [0.3, 0.4) is 0 Å². The van der Waals surface area contributed by atoms with Crippen molar-refractivity contribution in [2.45, 2.75) is 20.4 Å². The summed E-state index contributed by atoms with van der Waals surface area (Å²) in [6.45, 7) is 4.72. The average molecular weight is 269 g/mol. The molecule has 0 bridgehead atoms. The first-order valence-corrected chi connectivity index (χ1v) is 6.52. The second-order valence-corrected chi connectivity index (χ2v) is 5.11. The number of halogens is 1. The van der Waals surface area contributed by atoms with E-state index in [1.54, 1.807) is 12.1 Å². The van der Waals surface area contributed by atoms with E-state index >= 15 is 0 Å². The fourth-order valence-corrected chi connectivity index (χ4v) is 2.34. The Morgan fingerprint density at radius 2 is 1.75 bits per heavy atom. The number of aromatic nitrogens is 2. The van der Waals surface area contributed by atoms with Crippen LogP contribution in [0.5, 0.6) is 0 Å². The second kappa shape index (κ2) is 4.63. The molecule has 3 aromatic rings. The number of nitrogens with two attached hydrogens (primary N) is 1. The van der Waals surface area contributed by atoms with Crippen molar-refractivity contribution in [3.63, 3.8) is 0 Å². The second-order valence-electron chi connectivity index (χ2n) is 5.11. The Morgan fingerprint density at radius 3 is 2.45 bits per heavy atom. The molecule has 0 saturated heterocycles. The molecule has 0 unspecified atom stereocenters. The number of hydrogen-bond donors (Lipinski definition) is 1. The van der Waals surface area contributed by atoms with Crippen LogP contribution in [-0.2, 0) is 6.54 Å². The number of nitrogen functional groups attached to an aromatic ring is 1. The molecule has 4 heteroatoms. The molecule has 0 amide bonds. The Kier molecular flexibility index (Phi) is 2.93. The van der Waals surface area contributed by atoms with Crippen LogP contribution >= 0.6 is 0 Å². The fourth-order valence-electron chi connectivity index (χ4n) is 2.34. The third-order valence-corrected chi connectivity index (χ3v) is 3.65. The molecule has 0 spiro atoms. The number of anilines is 1. The number of imidazole rings is 1. The molecule has 3 rings (SSSR count). The zero-order valence-electron chi connectivity index (χ0n) is 11.5. The van der Waals surface area contributed by atoms with Crippen LogP contribution < -0.4 is 5.73 Å². The molecule has 0 aliphatic rings. The minimum Gasteiger partial charge on any atom is -0.369 e. The maximum Gasteiger partial charge on any atom is 0.201 e. The van der Waals surface area contributed by atoms with E-state index < -0.39 is 0 Å². The van der Waals surface area contributed by atoms with Gasteiger partial charge < -0.3 is 10.3 Å². The molecule has 1 aromatic heterocycles. The van der Waals surface area contributed by atoms with E-state index in [0.29, 0.717) is 12.5 Å². The summed E-state index contributed by atoms with van der Waals surface area (Å²) in [6.07, 6.45) is 0. The van der Waals surface area contributed by atoms with Crippen molar-refractivity contribution in [1.29, 1.82) is 0 Å². The van der Waals surface area contributed by atoms with Gasteiger partial charge in [0.1, 0.15) is 5.82 Å². The van der Waals surface area contributed by atoms with Gasteiger partial charge in [-0.05, 0) is 54.8 Å². The first-order valence-electron chi connectivity index (χ1n) is 6.52. The van der Waals surface area contributed by atoms with Gasteiger partial charge in [0.25, 0.3) is 0 Å². The Morgan fingerprint density at radius 1 is 1.10 bits per heavy atom. The number of nitrogens with zero attached hydrogens (tertiary/aromatic N) is 2. The summed E-state index contributed by atoms with van der Waals surface area (Å²) < 4.78 is 14.9. The zero-order chi connectivity index (χ0) is 14.3. The summed E-state index contributed by atoms with van der Waals surface area (Å²) in [7, 11) is 0. The first kappa shape index (κ1) is 12.7. The normalized spacial score (nSPS) is 11.2. The Hall–Kier alpha value is -2.36. The van der Waals surface area contributed by atoms with Crippen LogP contribution in [0.15, 0.2) is 36.4 Å². The summed E-state index contributed by atoms with van der Waals surface area (Å²) in [5, 5.41) is 0. The van der Waals surface area contributed by atoms with Crippen LogP contribution in [0.4, 0.5) is 10.3 Å². The van der Waals surface area contributed by atoms with Crippen molar-refractivity contribution in [1.82, 2.24) is 9.55 Å². The van der Waals surface area contributed by atoms with Crippen molar-refractivity contribution in [2.24, 2.45) is 0 Å². The van der Waals surface area contributed by atoms with Crippen LogP contribution in [0.2, 0.25) is 0 Å². The van der Waals surface area contributed by atoms with Crippen LogP contribution in [-0.4, -0.2) is 9.55 Å². The van der Waals surface area contributed by atoms with E-state index in [0.717, 1.165) is 16.6 Å². The summed E-state index contributed by atoms with van der Waals surface area (Å²) in [5.41, 5.74) is 11.3. The van der Waals surface area contributed by atoms with Crippen molar-refractivity contribution in [3.8, 4) is 0 Å². The Labute approximate surface area is 116 Å². The predicted molar refractivity (Wildman–Crippen MR) is 79.1 cm³/mol. The Balaban J connectivity index is 2.08. The van der Waals surface area contributed by atoms with E-state index in [2.05, 4.69) is 24.9 Å². The lowest BCUT2D eigenvalue weighted by Gasteiger charge is -2.08. The van der Waals surface area contributed by atoms with Crippen LogP contribution in [0.1, 0.15) is 16.7 Å². The molecule has 0 atom stereocenters. The number of hydrogen-bond acceptors (Lipinski definition) is 2. The molecule has 0 aliphatic carbocycles. The lowest BCUT2D eigenvalue weighted by atomic mass is 10.1. The predicted octanol–water partition coefficient (Wildman–Crippen LogP) is 3.42. The molecule has 0 radical (unpaired) electrons. The molecule has 0 aliphatic heterocycles. The molecule has 0 fully saturated rings. The summed E-state index contributed by atoms with van der Waals surface area (Å²) in [5.74, 6) is 0.248. The molecule has 2 aromatic carbocycles. The molecule has 2 N–H and O–H groups in total. The van der Waals surface area contributed by atoms with Gasteiger partial charge in [-0.1, -0.05) is 12.1 Å². The highest BCUT2D eigenvalue weighted by atomic mass is 19.1. The maximum absolute atomic E-state index is 13.0. The van der Waals surface area contributed by atoms with Gasteiger partial charge in [-0.25, -0.2) is 9.37 Å². The van der Waals surface area contributed by atoms with Crippen molar-refractivity contribution in [3.05, 3.63) is 58.9 Å². The molecular formula is C16H16FN3. The van der Waals surface area contributed by atoms with Crippen molar-refractivity contribution < 1.29 is 4.39 Å². The quantitative estimate of drug-likeness (QED) is 0.774. The molecule has 20 heavy (non-hydrogen) atoms. The van der Waals surface area contributed by atoms with E-state index in [1.165, 1.54) is 23.3 Å². The van der Waals surface area contributed by atoms with Gasteiger partial charge in [0, 0.05) is 0 Å². The number of fused-ring (bicyclic) bond motifs is 1. The third-order valence-electron chi connectivity index (χ3n) is 3.65. The smallest absolute Gasteiger partial charge is 0.201 e. The van der Waals surface area contributed by atoms with E-state index in [9.17, 15) is 4.39 Å². The average Bonchev–Trinajstić information content (AvgIpc) is 2.69. The summed E-state index contributed by atoms with van der Waals surface area (Å²) in [4.78, 5) is 4.40. The van der Waals surface area contributed by atoms with Gasteiger partial charge >= 0.3 is 0 Å². The van der Waals surface area contributed by atoms with Crippen LogP contribution in [0.25, 0.3) is 11.0 Å². The molecular weight excluding hydrogens is 253 g/mol. The summed E-state index contributed by atoms with van der Waals surface area (Å²) in [6, 6.07) is 10.6. The molecule has 1 heterocycles. The monoisotopic (exact) mass is 269 g/mol. The number of rotatable bonds is 2. The van der Waals surface area contributed by atoms with Gasteiger partial charge in [0.15, 0.2) is 0 Å². The van der Waals surface area contributed by atoms with E-state index in [1.807, 2.05) is 10.6 Å². The largest absolute Gasteiger partial charge is 0.369 e. The van der Waals surface area contributed by atoms with Gasteiger partial charge in [-0.2, -0.15) is 0 Å². The topological polar surface area (TPSA) is 43.8 Å². The Bertz CT molecular complexity index is 773. The highest BCUT2D eigenvalue weighted by molar-refractivity contribution is 5.80. The van der Waals surface area contributed by atoms with Gasteiger partial charge in [-0.3, -0.25) is 0 Å². The fraction of sp³-hybridized carbons (Fsp3) is 0.188. The van der Waals surface area contributed by atoms with Gasteiger partial charge in [-0.15, -0.1) is 0 Å². The van der Waals surface area contributed by atoms with Gasteiger partial charge in [0.05, 0.1) is 17.6 Å². The molecule has 3 nitrogen and oxygen atoms in total. The first-order chi connectivity index (χ1) is 9.54. The lowest BCUT2D eigenvalue weighted by molar-refractivity contribution is 0.626. The van der Waals surface area contributed by atoms with Gasteiger partial charge in [0.2, 0.25) is 5.95 Å². The van der Waals surface area contributed by atoms with Crippen molar-refractivity contribution >= 4 is 17.0 Å². The van der Waals surface area contributed by atoms with Crippen LogP contribution in [0, 0.1) is 19.7 Å². The number of benzene rings is 2. The number of aryl methyl sites for hydroxylation is 2.